The SMILES string of the molecule is CS[C@@H](C)CC(=O)N1C[C@@H]2CCCN2Cc2ccccc21. The largest absolute Gasteiger partial charge is 0.310 e. The maximum atomic E-state index is 12.8. The predicted octanol–water partition coefficient (Wildman–Crippen LogP) is 3.14. The molecular formula is C17H24N2OS. The van der Waals surface area contributed by atoms with E-state index < -0.39 is 0 Å². The minimum absolute atomic E-state index is 0.276. The number of anilines is 1. The molecule has 1 aromatic carbocycles. The Morgan fingerprint density at radius 2 is 2.24 bits per heavy atom. The Labute approximate surface area is 131 Å². The standard InChI is InChI=1S/C17H24N2OS/c1-13(21-2)10-17(20)19-12-15-7-5-9-18(15)11-14-6-3-4-8-16(14)19/h3-4,6,8,13,15H,5,7,9-12H2,1-2H3/t13-,15-/m0/s1. The van der Waals surface area contributed by atoms with Crippen LogP contribution in [-0.2, 0) is 11.3 Å². The van der Waals surface area contributed by atoms with Gasteiger partial charge in [0.1, 0.15) is 0 Å². The molecule has 2 heterocycles. The van der Waals surface area contributed by atoms with Crippen molar-refractivity contribution in [3.05, 3.63) is 29.8 Å². The van der Waals surface area contributed by atoms with Crippen LogP contribution in [0.5, 0.6) is 0 Å². The number of nitrogens with zero attached hydrogens (tertiary/aromatic N) is 2. The minimum Gasteiger partial charge on any atom is -0.310 e. The summed E-state index contributed by atoms with van der Waals surface area (Å²) in [6, 6.07) is 8.95. The first-order valence-electron chi connectivity index (χ1n) is 7.84. The van der Waals surface area contributed by atoms with E-state index in [9.17, 15) is 4.79 Å². The van der Waals surface area contributed by atoms with Crippen LogP contribution in [0.15, 0.2) is 24.3 Å². The molecule has 1 fully saturated rings. The Bertz CT molecular complexity index is 519. The molecule has 0 radical (unpaired) electrons. The molecule has 2 atom stereocenters. The van der Waals surface area contributed by atoms with Crippen LogP contribution in [-0.4, -0.2) is 41.4 Å². The van der Waals surface area contributed by atoms with Crippen molar-refractivity contribution in [2.45, 2.75) is 44.0 Å². The van der Waals surface area contributed by atoms with Crippen molar-refractivity contribution in [3.63, 3.8) is 0 Å². The summed E-state index contributed by atoms with van der Waals surface area (Å²) >= 11 is 1.77. The monoisotopic (exact) mass is 304 g/mol. The van der Waals surface area contributed by atoms with Crippen molar-refractivity contribution in [2.24, 2.45) is 0 Å². The van der Waals surface area contributed by atoms with Crippen LogP contribution in [0.1, 0.15) is 31.7 Å². The molecule has 2 aliphatic heterocycles. The number of para-hydroxylation sites is 1. The van der Waals surface area contributed by atoms with Crippen LogP contribution in [0.3, 0.4) is 0 Å². The van der Waals surface area contributed by atoms with E-state index in [0.717, 1.165) is 18.8 Å². The maximum absolute atomic E-state index is 12.8. The van der Waals surface area contributed by atoms with Gasteiger partial charge in [-0.15, -0.1) is 0 Å². The second-order valence-corrected chi connectivity index (χ2v) is 7.43. The second-order valence-electron chi connectivity index (χ2n) is 6.15. The Morgan fingerprint density at radius 3 is 3.05 bits per heavy atom. The summed E-state index contributed by atoms with van der Waals surface area (Å²) in [4.78, 5) is 17.4. The van der Waals surface area contributed by atoms with Crippen LogP contribution in [0.25, 0.3) is 0 Å². The van der Waals surface area contributed by atoms with Gasteiger partial charge in [-0.1, -0.05) is 25.1 Å². The van der Waals surface area contributed by atoms with Crippen LogP contribution in [0.2, 0.25) is 0 Å². The van der Waals surface area contributed by atoms with Gasteiger partial charge in [-0.05, 0) is 37.3 Å². The van der Waals surface area contributed by atoms with Gasteiger partial charge < -0.3 is 4.90 Å². The highest BCUT2D eigenvalue weighted by molar-refractivity contribution is 7.99. The van der Waals surface area contributed by atoms with Crippen molar-refractivity contribution in [2.75, 3.05) is 24.2 Å². The number of amides is 1. The van der Waals surface area contributed by atoms with E-state index in [1.165, 1.54) is 24.9 Å². The minimum atomic E-state index is 0.276. The van der Waals surface area contributed by atoms with E-state index in [1.807, 2.05) is 6.07 Å². The molecular weight excluding hydrogens is 280 g/mol. The summed E-state index contributed by atoms with van der Waals surface area (Å²) in [5.74, 6) is 0.276. The van der Waals surface area contributed by atoms with E-state index in [4.69, 9.17) is 0 Å². The van der Waals surface area contributed by atoms with Crippen LogP contribution < -0.4 is 4.90 Å². The maximum Gasteiger partial charge on any atom is 0.228 e. The summed E-state index contributed by atoms with van der Waals surface area (Å²) in [5.41, 5.74) is 2.43. The average Bonchev–Trinajstić information content (AvgIpc) is 2.86. The van der Waals surface area contributed by atoms with E-state index in [0.29, 0.717) is 17.7 Å². The lowest BCUT2D eigenvalue weighted by Crippen LogP contribution is -2.41. The van der Waals surface area contributed by atoms with Gasteiger partial charge in [0.2, 0.25) is 5.91 Å². The number of thioether (sulfide) groups is 1. The molecule has 3 nitrogen and oxygen atoms in total. The molecule has 21 heavy (non-hydrogen) atoms. The van der Waals surface area contributed by atoms with Crippen molar-refractivity contribution in [3.8, 4) is 0 Å². The lowest BCUT2D eigenvalue weighted by molar-refractivity contribution is -0.118. The molecule has 0 saturated carbocycles. The van der Waals surface area contributed by atoms with Gasteiger partial charge in [-0.25, -0.2) is 0 Å². The molecule has 0 N–H and O–H groups in total. The zero-order valence-electron chi connectivity index (χ0n) is 12.9. The van der Waals surface area contributed by atoms with Gasteiger partial charge >= 0.3 is 0 Å². The highest BCUT2D eigenvalue weighted by atomic mass is 32.2. The van der Waals surface area contributed by atoms with Gasteiger partial charge in [0.05, 0.1) is 0 Å². The van der Waals surface area contributed by atoms with E-state index in [1.54, 1.807) is 11.8 Å². The molecule has 2 aliphatic rings. The van der Waals surface area contributed by atoms with E-state index in [-0.39, 0.29) is 5.91 Å². The summed E-state index contributed by atoms with van der Waals surface area (Å²) in [6.07, 6.45) is 5.18. The first kappa shape index (κ1) is 14.9. The van der Waals surface area contributed by atoms with Crippen molar-refractivity contribution in [1.82, 2.24) is 4.90 Å². The van der Waals surface area contributed by atoms with Gasteiger partial charge in [0.15, 0.2) is 0 Å². The third-order valence-corrected chi connectivity index (χ3v) is 5.69. The number of carbonyl (C=O) groups excluding carboxylic acids is 1. The fourth-order valence-electron chi connectivity index (χ4n) is 3.42. The molecule has 0 bridgehead atoms. The number of benzene rings is 1. The highest BCUT2D eigenvalue weighted by Gasteiger charge is 2.33. The third kappa shape index (κ3) is 3.11. The average molecular weight is 304 g/mol. The summed E-state index contributed by atoms with van der Waals surface area (Å²) < 4.78 is 0. The van der Waals surface area contributed by atoms with E-state index in [2.05, 4.69) is 41.2 Å². The molecule has 1 saturated heterocycles. The van der Waals surface area contributed by atoms with Gasteiger partial charge in [-0.2, -0.15) is 11.8 Å². The molecule has 0 unspecified atom stereocenters. The Morgan fingerprint density at radius 1 is 1.43 bits per heavy atom. The number of rotatable bonds is 3. The topological polar surface area (TPSA) is 23.6 Å². The smallest absolute Gasteiger partial charge is 0.228 e. The fourth-order valence-corrected chi connectivity index (χ4v) is 3.73. The Kier molecular flexibility index (Phi) is 4.55. The van der Waals surface area contributed by atoms with Crippen LogP contribution in [0, 0.1) is 0 Å². The Balaban J connectivity index is 1.88. The number of fused-ring (bicyclic) bond motifs is 2. The van der Waals surface area contributed by atoms with Crippen molar-refractivity contribution < 1.29 is 4.79 Å². The zero-order valence-corrected chi connectivity index (χ0v) is 13.7. The predicted molar refractivity (Wildman–Crippen MR) is 89.8 cm³/mol. The van der Waals surface area contributed by atoms with Crippen molar-refractivity contribution in [1.29, 1.82) is 0 Å². The molecule has 0 spiro atoms. The first-order valence-corrected chi connectivity index (χ1v) is 9.13. The van der Waals surface area contributed by atoms with Crippen molar-refractivity contribution >= 4 is 23.4 Å². The van der Waals surface area contributed by atoms with Crippen LogP contribution in [0.4, 0.5) is 5.69 Å². The fraction of sp³-hybridized carbons (Fsp3) is 0.588. The van der Waals surface area contributed by atoms with Crippen LogP contribution >= 0.6 is 11.8 Å². The molecule has 114 valence electrons. The number of hydrogen-bond donors (Lipinski definition) is 0. The number of hydrogen-bond acceptors (Lipinski definition) is 3. The van der Waals surface area contributed by atoms with E-state index >= 15 is 0 Å². The first-order chi connectivity index (χ1) is 10.2. The lowest BCUT2D eigenvalue weighted by atomic mass is 10.1. The normalized spacial score (nSPS) is 23.3. The molecule has 1 aromatic rings. The zero-order chi connectivity index (χ0) is 14.8. The molecule has 0 aromatic heterocycles. The highest BCUT2D eigenvalue weighted by Crippen LogP contribution is 2.32. The summed E-state index contributed by atoms with van der Waals surface area (Å²) in [5, 5.41) is 0.382. The number of carbonyl (C=O) groups is 1. The Hall–Kier alpha value is -1.00. The molecule has 0 aliphatic carbocycles. The summed E-state index contributed by atoms with van der Waals surface area (Å²) in [7, 11) is 0. The molecule has 1 amide bonds. The second kappa shape index (κ2) is 6.41. The summed E-state index contributed by atoms with van der Waals surface area (Å²) in [6.45, 7) is 5.15. The van der Waals surface area contributed by atoms with Gasteiger partial charge in [0, 0.05) is 36.5 Å². The van der Waals surface area contributed by atoms with Gasteiger partial charge in [-0.3, -0.25) is 9.69 Å². The lowest BCUT2D eigenvalue weighted by Gasteiger charge is -2.27. The quantitative estimate of drug-likeness (QED) is 0.857. The molecule has 4 heteroatoms. The van der Waals surface area contributed by atoms with Gasteiger partial charge in [0.25, 0.3) is 0 Å². The third-order valence-electron chi connectivity index (χ3n) is 4.71. The molecule has 3 rings (SSSR count).